The van der Waals surface area contributed by atoms with Gasteiger partial charge in [-0.05, 0) is 25.0 Å². The molecule has 4 amide bonds. The van der Waals surface area contributed by atoms with Crippen LogP contribution >= 0.6 is 11.8 Å². The van der Waals surface area contributed by atoms with Crippen LogP contribution in [0.4, 0.5) is 4.79 Å². The third-order valence-corrected chi connectivity index (χ3v) is 5.37. The third-order valence-electron chi connectivity index (χ3n) is 4.23. The fourth-order valence-electron chi connectivity index (χ4n) is 3.17. The second kappa shape index (κ2) is 4.26. The lowest BCUT2D eigenvalue weighted by Crippen LogP contribution is -2.65. The summed E-state index contributed by atoms with van der Waals surface area (Å²) in [4.78, 5) is 37.8. The van der Waals surface area contributed by atoms with E-state index < -0.39 is 11.4 Å². The highest BCUT2D eigenvalue weighted by molar-refractivity contribution is 7.99. The van der Waals surface area contributed by atoms with Gasteiger partial charge in [-0.25, -0.2) is 4.79 Å². The Labute approximate surface area is 110 Å². The fourth-order valence-corrected chi connectivity index (χ4v) is 4.37. The molecule has 1 aliphatic carbocycles. The molecule has 1 N–H and O–H groups in total. The molecule has 98 valence electrons. The minimum absolute atomic E-state index is 0.0342. The average Bonchev–Trinajstić information content (AvgIpc) is 2.99. The molecule has 5 nitrogen and oxygen atoms in total. The van der Waals surface area contributed by atoms with Gasteiger partial charge in [0.25, 0.3) is 0 Å². The lowest BCUT2D eigenvalue weighted by atomic mass is 9.81. The van der Waals surface area contributed by atoms with Crippen LogP contribution in [0, 0.1) is 5.41 Å². The van der Waals surface area contributed by atoms with Crippen molar-refractivity contribution in [3.05, 3.63) is 0 Å². The summed E-state index contributed by atoms with van der Waals surface area (Å²) in [5, 5.41) is 2.39. The monoisotopic (exact) mass is 268 g/mol. The van der Waals surface area contributed by atoms with Crippen LogP contribution in [0.5, 0.6) is 0 Å². The lowest BCUT2D eigenvalue weighted by molar-refractivity contribution is -0.152. The van der Waals surface area contributed by atoms with Crippen LogP contribution in [-0.2, 0) is 9.59 Å². The zero-order valence-electron chi connectivity index (χ0n) is 10.1. The molecule has 2 heterocycles. The van der Waals surface area contributed by atoms with E-state index in [0.717, 1.165) is 30.8 Å². The zero-order valence-corrected chi connectivity index (χ0v) is 10.9. The molecule has 6 heteroatoms. The van der Waals surface area contributed by atoms with Gasteiger partial charge in [0, 0.05) is 5.75 Å². The summed E-state index contributed by atoms with van der Waals surface area (Å²) < 4.78 is 0. The van der Waals surface area contributed by atoms with Crippen molar-refractivity contribution < 1.29 is 14.4 Å². The first kappa shape index (κ1) is 12.0. The summed E-state index contributed by atoms with van der Waals surface area (Å²) in [7, 11) is 0. The Kier molecular flexibility index (Phi) is 2.84. The molecule has 1 spiro atoms. The van der Waals surface area contributed by atoms with Crippen LogP contribution in [0.3, 0.4) is 0 Å². The van der Waals surface area contributed by atoms with E-state index in [1.165, 1.54) is 4.90 Å². The minimum atomic E-state index is -0.943. The molecular formula is C12H16N2O3S. The number of nitrogens with one attached hydrogen (secondary N) is 1. The van der Waals surface area contributed by atoms with Gasteiger partial charge in [0.05, 0.1) is 6.04 Å². The molecule has 3 fully saturated rings. The van der Waals surface area contributed by atoms with Crippen LogP contribution in [0.15, 0.2) is 0 Å². The van der Waals surface area contributed by atoms with Gasteiger partial charge in [0.15, 0.2) is 0 Å². The van der Waals surface area contributed by atoms with Crippen LogP contribution in [-0.4, -0.2) is 40.3 Å². The number of carbonyl (C=O) groups is 3. The molecule has 18 heavy (non-hydrogen) atoms. The van der Waals surface area contributed by atoms with Gasteiger partial charge >= 0.3 is 6.03 Å². The predicted molar refractivity (Wildman–Crippen MR) is 67.0 cm³/mol. The van der Waals surface area contributed by atoms with Crippen LogP contribution in [0.1, 0.15) is 32.1 Å². The SMILES string of the molecule is O=C1NC(=O)C2(CCCC2)C(=O)N1C1CCSC1. The zero-order chi connectivity index (χ0) is 12.8. The first-order valence-corrected chi connectivity index (χ1v) is 7.57. The second-order valence-electron chi connectivity index (χ2n) is 5.24. The van der Waals surface area contributed by atoms with Crippen molar-refractivity contribution in [2.75, 3.05) is 11.5 Å². The Balaban J connectivity index is 1.92. The van der Waals surface area contributed by atoms with Crippen molar-refractivity contribution in [1.29, 1.82) is 0 Å². The summed E-state index contributed by atoms with van der Waals surface area (Å²) in [5.74, 6) is 1.14. The maximum atomic E-state index is 12.6. The smallest absolute Gasteiger partial charge is 0.277 e. The van der Waals surface area contributed by atoms with Gasteiger partial charge in [-0.2, -0.15) is 11.8 Å². The van der Waals surface area contributed by atoms with Gasteiger partial charge in [0.2, 0.25) is 11.8 Å². The van der Waals surface area contributed by atoms with Crippen molar-refractivity contribution in [3.8, 4) is 0 Å². The molecule has 3 aliphatic rings. The number of carbonyl (C=O) groups excluding carboxylic acids is 3. The summed E-state index contributed by atoms with van der Waals surface area (Å²) in [6.45, 7) is 0. The van der Waals surface area contributed by atoms with Crippen LogP contribution in [0.25, 0.3) is 0 Å². The Morgan fingerprint density at radius 3 is 2.56 bits per heavy atom. The number of barbiturate groups is 1. The quantitative estimate of drug-likeness (QED) is 0.724. The molecule has 1 unspecified atom stereocenters. The topological polar surface area (TPSA) is 66.5 Å². The second-order valence-corrected chi connectivity index (χ2v) is 6.39. The molecule has 0 aromatic heterocycles. The summed E-state index contributed by atoms with van der Waals surface area (Å²) in [6, 6.07) is -0.553. The number of hydrogen-bond donors (Lipinski definition) is 1. The molecule has 2 aliphatic heterocycles. The van der Waals surface area contributed by atoms with Gasteiger partial charge in [-0.3, -0.25) is 19.8 Å². The maximum absolute atomic E-state index is 12.6. The number of imide groups is 2. The van der Waals surface area contributed by atoms with E-state index in [2.05, 4.69) is 5.32 Å². The van der Waals surface area contributed by atoms with E-state index in [0.29, 0.717) is 12.8 Å². The fraction of sp³-hybridized carbons (Fsp3) is 0.750. The predicted octanol–water partition coefficient (Wildman–Crippen LogP) is 1.13. The lowest BCUT2D eigenvalue weighted by Gasteiger charge is -2.39. The van der Waals surface area contributed by atoms with Gasteiger partial charge < -0.3 is 0 Å². The number of thioether (sulfide) groups is 1. The summed E-state index contributed by atoms with van der Waals surface area (Å²) in [6.07, 6.45) is 3.79. The molecule has 3 rings (SSSR count). The average molecular weight is 268 g/mol. The van der Waals surface area contributed by atoms with Crippen molar-refractivity contribution in [2.24, 2.45) is 5.41 Å². The molecule has 1 saturated carbocycles. The molecule has 2 saturated heterocycles. The first-order valence-electron chi connectivity index (χ1n) is 6.42. The number of amides is 4. The number of urea groups is 1. The first-order chi connectivity index (χ1) is 8.65. The normalized spacial score (nSPS) is 31.2. The Bertz CT molecular complexity index is 412. The van der Waals surface area contributed by atoms with Crippen LogP contribution < -0.4 is 5.32 Å². The molecular weight excluding hydrogens is 252 g/mol. The molecule has 0 aromatic carbocycles. The van der Waals surface area contributed by atoms with Crippen molar-refractivity contribution in [3.63, 3.8) is 0 Å². The largest absolute Gasteiger partial charge is 0.331 e. The number of rotatable bonds is 1. The molecule has 0 bridgehead atoms. The van der Waals surface area contributed by atoms with Crippen molar-refractivity contribution >= 4 is 29.6 Å². The van der Waals surface area contributed by atoms with Gasteiger partial charge in [-0.15, -0.1) is 0 Å². The highest BCUT2D eigenvalue weighted by atomic mass is 32.2. The van der Waals surface area contributed by atoms with E-state index in [-0.39, 0.29) is 17.9 Å². The minimum Gasteiger partial charge on any atom is -0.277 e. The van der Waals surface area contributed by atoms with Crippen LogP contribution in [0.2, 0.25) is 0 Å². The Morgan fingerprint density at radius 1 is 1.22 bits per heavy atom. The van der Waals surface area contributed by atoms with E-state index in [1.54, 1.807) is 11.8 Å². The maximum Gasteiger partial charge on any atom is 0.331 e. The van der Waals surface area contributed by atoms with Crippen molar-refractivity contribution in [2.45, 2.75) is 38.1 Å². The highest BCUT2D eigenvalue weighted by Gasteiger charge is 2.56. The van der Waals surface area contributed by atoms with E-state index in [9.17, 15) is 14.4 Å². The molecule has 1 atom stereocenters. The van der Waals surface area contributed by atoms with E-state index in [1.807, 2.05) is 0 Å². The Hall–Kier alpha value is -1.04. The van der Waals surface area contributed by atoms with Crippen molar-refractivity contribution in [1.82, 2.24) is 10.2 Å². The molecule has 0 aromatic rings. The van der Waals surface area contributed by atoms with E-state index >= 15 is 0 Å². The number of hydrogen-bond acceptors (Lipinski definition) is 4. The van der Waals surface area contributed by atoms with Gasteiger partial charge in [0.1, 0.15) is 5.41 Å². The summed E-state index contributed by atoms with van der Waals surface area (Å²) in [5.41, 5.74) is -0.943. The highest BCUT2D eigenvalue weighted by Crippen LogP contribution is 2.43. The third kappa shape index (κ3) is 1.58. The van der Waals surface area contributed by atoms with Gasteiger partial charge in [-0.1, -0.05) is 12.8 Å². The molecule has 0 radical (unpaired) electrons. The Morgan fingerprint density at radius 2 is 1.94 bits per heavy atom. The van der Waals surface area contributed by atoms with E-state index in [4.69, 9.17) is 0 Å². The summed E-state index contributed by atoms with van der Waals surface area (Å²) >= 11 is 1.75. The standard InChI is InChI=1S/C12H16N2O3S/c15-9-12(4-1-2-5-12)10(16)14(11(17)13-9)8-3-6-18-7-8/h8H,1-7H2,(H,13,15,17). The number of nitrogens with zero attached hydrogens (tertiary/aromatic N) is 1.